The van der Waals surface area contributed by atoms with Gasteiger partial charge in [0.05, 0.1) is 0 Å². The van der Waals surface area contributed by atoms with Crippen LogP contribution in [0.4, 0.5) is 5.69 Å². The third kappa shape index (κ3) is 4.49. The van der Waals surface area contributed by atoms with Crippen molar-refractivity contribution in [2.24, 2.45) is 0 Å². The van der Waals surface area contributed by atoms with Gasteiger partial charge in [0.15, 0.2) is 0 Å². The molecule has 0 spiro atoms. The number of hydrogen-bond donors (Lipinski definition) is 1. The monoisotopic (exact) mass is 411 g/mol. The van der Waals surface area contributed by atoms with E-state index < -0.39 is 0 Å². The SMILES string of the molecule is O=C1CC[C@H](CNc2ccccc2Br)N1CCSc1nccs1. The van der Waals surface area contributed by atoms with Gasteiger partial charge in [0, 0.05) is 53.0 Å². The molecule has 0 bridgehead atoms. The Balaban J connectivity index is 1.51. The topological polar surface area (TPSA) is 45.2 Å². The molecule has 1 saturated heterocycles. The predicted molar refractivity (Wildman–Crippen MR) is 100 cm³/mol. The van der Waals surface area contributed by atoms with Crippen LogP contribution in [0.5, 0.6) is 0 Å². The average molecular weight is 412 g/mol. The summed E-state index contributed by atoms with van der Waals surface area (Å²) in [6.45, 7) is 1.57. The van der Waals surface area contributed by atoms with Gasteiger partial charge < -0.3 is 10.2 Å². The van der Waals surface area contributed by atoms with Crippen LogP contribution >= 0.6 is 39.0 Å². The molecule has 1 aromatic carbocycles. The van der Waals surface area contributed by atoms with Gasteiger partial charge in [-0.05, 0) is 34.5 Å². The van der Waals surface area contributed by atoms with Crippen molar-refractivity contribution in [1.82, 2.24) is 9.88 Å². The van der Waals surface area contributed by atoms with Gasteiger partial charge in [0.2, 0.25) is 5.91 Å². The molecule has 1 atom stereocenters. The second-order valence-corrected chi connectivity index (χ2v) is 8.38. The van der Waals surface area contributed by atoms with Gasteiger partial charge in [-0.2, -0.15) is 0 Å². The highest BCUT2D eigenvalue weighted by atomic mass is 79.9. The largest absolute Gasteiger partial charge is 0.382 e. The standard InChI is InChI=1S/C16H18BrN3OS2/c17-13-3-1-2-4-14(13)19-11-12-5-6-15(21)20(12)8-10-23-16-18-7-9-22-16/h1-4,7,9,12,19H,5-6,8,10-11H2/t12-/m1/s1. The minimum absolute atomic E-state index is 0.267. The first-order chi connectivity index (χ1) is 11.2. The quantitative estimate of drug-likeness (QED) is 0.696. The number of hydrogen-bond acceptors (Lipinski definition) is 5. The van der Waals surface area contributed by atoms with Crippen molar-refractivity contribution in [1.29, 1.82) is 0 Å². The van der Waals surface area contributed by atoms with Gasteiger partial charge in [-0.25, -0.2) is 4.98 Å². The molecule has 1 aromatic heterocycles. The van der Waals surface area contributed by atoms with E-state index in [1.807, 2.05) is 40.7 Å². The maximum atomic E-state index is 12.1. The third-order valence-electron chi connectivity index (χ3n) is 3.82. The molecule has 2 heterocycles. The van der Waals surface area contributed by atoms with E-state index in [1.165, 1.54) is 0 Å². The Morgan fingerprint density at radius 2 is 2.30 bits per heavy atom. The van der Waals surface area contributed by atoms with Gasteiger partial charge in [0.25, 0.3) is 0 Å². The van der Waals surface area contributed by atoms with Crippen LogP contribution in [0, 0.1) is 0 Å². The summed E-state index contributed by atoms with van der Waals surface area (Å²) in [6.07, 6.45) is 3.40. The van der Waals surface area contributed by atoms with Crippen LogP contribution < -0.4 is 5.32 Å². The molecule has 0 unspecified atom stereocenters. The fourth-order valence-corrected chi connectivity index (χ4v) is 4.73. The zero-order valence-corrected chi connectivity index (χ0v) is 15.8. The van der Waals surface area contributed by atoms with E-state index in [1.54, 1.807) is 23.1 Å². The molecule has 1 aliphatic heterocycles. The van der Waals surface area contributed by atoms with Crippen LogP contribution in [0.25, 0.3) is 0 Å². The average Bonchev–Trinajstić information content (AvgIpc) is 3.18. The molecule has 1 aliphatic rings. The van der Waals surface area contributed by atoms with E-state index in [2.05, 4.69) is 26.2 Å². The number of halogens is 1. The van der Waals surface area contributed by atoms with E-state index in [9.17, 15) is 4.79 Å². The number of benzene rings is 1. The zero-order valence-electron chi connectivity index (χ0n) is 12.6. The van der Waals surface area contributed by atoms with Crippen molar-refractivity contribution in [3.63, 3.8) is 0 Å². The highest BCUT2D eigenvalue weighted by Gasteiger charge is 2.30. The molecular formula is C16H18BrN3OS2. The summed E-state index contributed by atoms with van der Waals surface area (Å²) in [4.78, 5) is 18.4. The number of rotatable bonds is 7. The smallest absolute Gasteiger partial charge is 0.222 e. The Hall–Kier alpha value is -1.05. The first-order valence-electron chi connectivity index (χ1n) is 7.54. The molecule has 122 valence electrons. The van der Waals surface area contributed by atoms with Crippen LogP contribution in [0.3, 0.4) is 0 Å². The number of thioether (sulfide) groups is 1. The van der Waals surface area contributed by atoms with Crippen molar-refractivity contribution in [3.05, 3.63) is 40.3 Å². The van der Waals surface area contributed by atoms with E-state index in [0.29, 0.717) is 6.42 Å². The Bertz CT molecular complexity index is 651. The van der Waals surface area contributed by atoms with Crippen LogP contribution in [0.15, 0.2) is 44.7 Å². The van der Waals surface area contributed by atoms with Gasteiger partial charge in [-0.15, -0.1) is 11.3 Å². The molecule has 2 aromatic rings. The lowest BCUT2D eigenvalue weighted by Crippen LogP contribution is -2.39. The lowest BCUT2D eigenvalue weighted by atomic mass is 10.2. The Morgan fingerprint density at radius 3 is 3.09 bits per heavy atom. The fraction of sp³-hybridized carbons (Fsp3) is 0.375. The Morgan fingerprint density at radius 1 is 1.43 bits per heavy atom. The van der Waals surface area contributed by atoms with E-state index >= 15 is 0 Å². The number of likely N-dealkylation sites (tertiary alicyclic amines) is 1. The van der Waals surface area contributed by atoms with Crippen LogP contribution in [-0.4, -0.2) is 40.7 Å². The normalized spacial score (nSPS) is 17.7. The summed E-state index contributed by atoms with van der Waals surface area (Å²) in [7, 11) is 0. The molecule has 23 heavy (non-hydrogen) atoms. The molecule has 0 radical (unpaired) electrons. The van der Waals surface area contributed by atoms with Crippen LogP contribution in [-0.2, 0) is 4.79 Å². The number of para-hydroxylation sites is 1. The van der Waals surface area contributed by atoms with Crippen molar-refractivity contribution >= 4 is 50.6 Å². The number of carbonyl (C=O) groups is 1. The van der Waals surface area contributed by atoms with Crippen molar-refractivity contribution in [2.45, 2.75) is 23.2 Å². The minimum Gasteiger partial charge on any atom is -0.382 e. The lowest BCUT2D eigenvalue weighted by Gasteiger charge is -2.25. The second-order valence-electron chi connectivity index (χ2n) is 5.29. The molecule has 0 saturated carbocycles. The molecule has 1 fully saturated rings. The third-order valence-corrected chi connectivity index (χ3v) is 6.46. The lowest BCUT2D eigenvalue weighted by molar-refractivity contribution is -0.128. The predicted octanol–water partition coefficient (Wildman–Crippen LogP) is 4.10. The summed E-state index contributed by atoms with van der Waals surface area (Å²) in [6, 6.07) is 8.34. The summed E-state index contributed by atoms with van der Waals surface area (Å²) >= 11 is 6.91. The fourth-order valence-electron chi connectivity index (χ4n) is 2.66. The number of amides is 1. The van der Waals surface area contributed by atoms with E-state index in [4.69, 9.17) is 0 Å². The molecule has 0 aliphatic carbocycles. The van der Waals surface area contributed by atoms with Gasteiger partial charge in [-0.3, -0.25) is 4.79 Å². The number of anilines is 1. The molecule has 1 amide bonds. The maximum Gasteiger partial charge on any atom is 0.222 e. The molecular weight excluding hydrogens is 394 g/mol. The first kappa shape index (κ1) is 16.8. The van der Waals surface area contributed by atoms with Gasteiger partial charge in [-0.1, -0.05) is 23.9 Å². The first-order valence-corrected chi connectivity index (χ1v) is 10.2. The van der Waals surface area contributed by atoms with E-state index in [0.717, 1.165) is 39.8 Å². The van der Waals surface area contributed by atoms with Crippen molar-refractivity contribution in [2.75, 3.05) is 24.2 Å². The summed E-state index contributed by atoms with van der Waals surface area (Å²) in [5.41, 5.74) is 1.07. The van der Waals surface area contributed by atoms with E-state index in [-0.39, 0.29) is 11.9 Å². The Labute approximate surface area is 152 Å². The Kier molecular flexibility index (Phi) is 5.96. The number of thiazole rings is 1. The molecule has 1 N–H and O–H groups in total. The minimum atomic E-state index is 0.267. The number of aromatic nitrogens is 1. The van der Waals surface area contributed by atoms with Crippen molar-refractivity contribution < 1.29 is 4.79 Å². The summed E-state index contributed by atoms with van der Waals surface area (Å²) in [5, 5.41) is 5.43. The van der Waals surface area contributed by atoms with Gasteiger partial charge >= 0.3 is 0 Å². The summed E-state index contributed by atoms with van der Waals surface area (Å²) < 4.78 is 2.12. The maximum absolute atomic E-state index is 12.1. The molecule has 3 rings (SSSR count). The highest BCUT2D eigenvalue weighted by molar-refractivity contribution is 9.10. The van der Waals surface area contributed by atoms with Crippen LogP contribution in [0.1, 0.15) is 12.8 Å². The van der Waals surface area contributed by atoms with Crippen molar-refractivity contribution in [3.8, 4) is 0 Å². The molecule has 7 heteroatoms. The second kappa shape index (κ2) is 8.17. The number of carbonyl (C=O) groups excluding carboxylic acids is 1. The number of nitrogens with zero attached hydrogens (tertiary/aromatic N) is 2. The molecule has 4 nitrogen and oxygen atoms in total. The van der Waals surface area contributed by atoms with Gasteiger partial charge in [0.1, 0.15) is 4.34 Å². The number of nitrogens with one attached hydrogen (secondary N) is 1. The highest BCUT2D eigenvalue weighted by Crippen LogP contribution is 2.25. The zero-order chi connectivity index (χ0) is 16.1. The summed E-state index contributed by atoms with van der Waals surface area (Å²) in [5.74, 6) is 1.16. The van der Waals surface area contributed by atoms with Crippen LogP contribution in [0.2, 0.25) is 0 Å².